The number of rotatable bonds is 5. The van der Waals surface area contributed by atoms with E-state index in [0.29, 0.717) is 30.3 Å². The van der Waals surface area contributed by atoms with Gasteiger partial charge in [-0.2, -0.15) is 0 Å². The molecule has 1 heterocycles. The first kappa shape index (κ1) is 18.1. The Bertz CT molecular complexity index is 728. The molecule has 0 atom stereocenters. The number of amides is 2. The lowest BCUT2D eigenvalue weighted by Gasteiger charge is -2.34. The zero-order valence-electron chi connectivity index (χ0n) is 15.3. The maximum absolute atomic E-state index is 12.6. The monoisotopic (exact) mass is 355 g/mol. The van der Waals surface area contributed by atoms with Crippen molar-refractivity contribution in [3.05, 3.63) is 54.1 Å². The molecule has 6 heteroatoms. The predicted octanol–water partition coefficient (Wildman–Crippen LogP) is 3.05. The van der Waals surface area contributed by atoms with Gasteiger partial charge in [0.05, 0.1) is 19.9 Å². The number of methoxy groups -OCH3 is 2. The molecule has 2 aromatic rings. The first-order chi connectivity index (χ1) is 12.7. The molecule has 0 radical (unpaired) electrons. The molecule has 1 aliphatic heterocycles. The van der Waals surface area contributed by atoms with Gasteiger partial charge >= 0.3 is 6.03 Å². The number of nitrogens with zero attached hydrogens (tertiary/aromatic N) is 2. The molecule has 1 N–H and O–H groups in total. The van der Waals surface area contributed by atoms with Gasteiger partial charge in [0, 0.05) is 38.8 Å². The van der Waals surface area contributed by atoms with Gasteiger partial charge in [0.1, 0.15) is 11.5 Å². The summed E-state index contributed by atoms with van der Waals surface area (Å²) in [6.45, 7) is 4.03. The zero-order chi connectivity index (χ0) is 18.4. The Morgan fingerprint density at radius 1 is 1.00 bits per heavy atom. The van der Waals surface area contributed by atoms with E-state index in [9.17, 15) is 4.79 Å². The summed E-state index contributed by atoms with van der Waals surface area (Å²) in [5.41, 5.74) is 1.91. The number of hydrogen-bond donors (Lipinski definition) is 1. The molecule has 0 aliphatic carbocycles. The van der Waals surface area contributed by atoms with Crippen molar-refractivity contribution in [1.82, 2.24) is 9.80 Å². The molecular weight excluding hydrogens is 330 g/mol. The fourth-order valence-corrected chi connectivity index (χ4v) is 3.06. The second kappa shape index (κ2) is 8.58. The third kappa shape index (κ3) is 4.46. The molecule has 2 aromatic carbocycles. The summed E-state index contributed by atoms with van der Waals surface area (Å²) in [6, 6.07) is 15.6. The minimum atomic E-state index is -0.115. The summed E-state index contributed by atoms with van der Waals surface area (Å²) < 4.78 is 10.5. The fraction of sp³-hybridized carbons (Fsp3) is 0.350. The molecule has 0 bridgehead atoms. The Morgan fingerprint density at radius 2 is 1.73 bits per heavy atom. The van der Waals surface area contributed by atoms with E-state index in [1.54, 1.807) is 32.4 Å². The molecule has 138 valence electrons. The highest BCUT2D eigenvalue weighted by atomic mass is 16.5. The second-order valence-corrected chi connectivity index (χ2v) is 6.25. The van der Waals surface area contributed by atoms with Crippen molar-refractivity contribution in [2.45, 2.75) is 6.54 Å². The highest BCUT2D eigenvalue weighted by Crippen LogP contribution is 2.29. The van der Waals surface area contributed by atoms with Gasteiger partial charge in [-0.05, 0) is 17.7 Å². The van der Waals surface area contributed by atoms with Gasteiger partial charge < -0.3 is 19.7 Å². The van der Waals surface area contributed by atoms with Crippen molar-refractivity contribution in [1.29, 1.82) is 0 Å². The average Bonchev–Trinajstić information content (AvgIpc) is 2.69. The van der Waals surface area contributed by atoms with Gasteiger partial charge in [-0.3, -0.25) is 4.90 Å². The number of benzene rings is 2. The molecule has 1 fully saturated rings. The van der Waals surface area contributed by atoms with E-state index in [4.69, 9.17) is 9.47 Å². The summed E-state index contributed by atoms with van der Waals surface area (Å²) in [5.74, 6) is 1.29. The topological polar surface area (TPSA) is 54.0 Å². The number of carbonyl (C=O) groups is 1. The van der Waals surface area contributed by atoms with E-state index in [0.717, 1.165) is 19.6 Å². The van der Waals surface area contributed by atoms with Crippen LogP contribution in [0, 0.1) is 0 Å². The van der Waals surface area contributed by atoms with Crippen LogP contribution in [0.2, 0.25) is 0 Å². The quantitative estimate of drug-likeness (QED) is 0.896. The van der Waals surface area contributed by atoms with Gasteiger partial charge in [-0.15, -0.1) is 0 Å². The van der Waals surface area contributed by atoms with Crippen molar-refractivity contribution < 1.29 is 14.3 Å². The van der Waals surface area contributed by atoms with Crippen molar-refractivity contribution in [3.63, 3.8) is 0 Å². The highest BCUT2D eigenvalue weighted by Gasteiger charge is 2.22. The first-order valence-electron chi connectivity index (χ1n) is 8.74. The van der Waals surface area contributed by atoms with Crippen LogP contribution in [0.4, 0.5) is 10.5 Å². The summed E-state index contributed by atoms with van der Waals surface area (Å²) in [5, 5.41) is 2.93. The average molecular weight is 355 g/mol. The van der Waals surface area contributed by atoms with Crippen molar-refractivity contribution in [2.75, 3.05) is 45.7 Å². The summed E-state index contributed by atoms with van der Waals surface area (Å²) in [7, 11) is 3.18. The lowest BCUT2D eigenvalue weighted by atomic mass is 10.2. The predicted molar refractivity (Wildman–Crippen MR) is 102 cm³/mol. The van der Waals surface area contributed by atoms with E-state index >= 15 is 0 Å². The van der Waals surface area contributed by atoms with Crippen molar-refractivity contribution in [2.24, 2.45) is 0 Å². The number of piperazine rings is 1. The Labute approximate surface area is 154 Å². The van der Waals surface area contributed by atoms with Crippen LogP contribution in [-0.2, 0) is 6.54 Å². The van der Waals surface area contributed by atoms with Crippen LogP contribution in [0.3, 0.4) is 0 Å². The van der Waals surface area contributed by atoms with Gasteiger partial charge in [0.2, 0.25) is 0 Å². The number of hydrogen-bond acceptors (Lipinski definition) is 4. The van der Waals surface area contributed by atoms with Crippen LogP contribution in [-0.4, -0.2) is 56.2 Å². The highest BCUT2D eigenvalue weighted by molar-refractivity contribution is 5.91. The van der Waals surface area contributed by atoms with Crippen molar-refractivity contribution in [3.8, 4) is 11.5 Å². The van der Waals surface area contributed by atoms with E-state index in [-0.39, 0.29) is 6.03 Å². The van der Waals surface area contributed by atoms with Crippen LogP contribution < -0.4 is 14.8 Å². The maximum Gasteiger partial charge on any atom is 0.322 e. The normalized spacial score (nSPS) is 14.8. The van der Waals surface area contributed by atoms with Crippen molar-refractivity contribution >= 4 is 11.7 Å². The maximum atomic E-state index is 12.6. The number of nitrogens with one attached hydrogen (secondary N) is 1. The van der Waals surface area contributed by atoms with Gasteiger partial charge in [-0.25, -0.2) is 4.79 Å². The van der Waals surface area contributed by atoms with Crippen LogP contribution in [0.15, 0.2) is 48.5 Å². The number of urea groups is 1. The Kier molecular flexibility index (Phi) is 5.96. The van der Waals surface area contributed by atoms with E-state index in [1.165, 1.54) is 5.56 Å². The SMILES string of the molecule is COc1ccc(OC)c(NC(=O)N2CCN(Cc3ccccc3)CC2)c1. The van der Waals surface area contributed by atoms with Crippen LogP contribution in [0.25, 0.3) is 0 Å². The third-order valence-corrected chi connectivity index (χ3v) is 4.56. The molecule has 1 saturated heterocycles. The summed E-state index contributed by atoms with van der Waals surface area (Å²) >= 11 is 0. The minimum absolute atomic E-state index is 0.115. The van der Waals surface area contributed by atoms with Crippen LogP contribution >= 0.6 is 0 Å². The second-order valence-electron chi connectivity index (χ2n) is 6.25. The lowest BCUT2D eigenvalue weighted by Crippen LogP contribution is -2.49. The van der Waals surface area contributed by atoms with E-state index in [1.807, 2.05) is 11.0 Å². The largest absolute Gasteiger partial charge is 0.497 e. The number of ether oxygens (including phenoxy) is 2. The van der Waals surface area contributed by atoms with E-state index < -0.39 is 0 Å². The molecule has 0 aromatic heterocycles. The minimum Gasteiger partial charge on any atom is -0.497 e. The molecule has 3 rings (SSSR count). The van der Waals surface area contributed by atoms with Crippen LogP contribution in [0.1, 0.15) is 5.56 Å². The van der Waals surface area contributed by atoms with E-state index in [2.05, 4.69) is 34.5 Å². The third-order valence-electron chi connectivity index (χ3n) is 4.56. The Balaban J connectivity index is 1.55. The standard InChI is InChI=1S/C20H25N3O3/c1-25-17-8-9-19(26-2)18(14-17)21-20(24)23-12-10-22(11-13-23)15-16-6-4-3-5-7-16/h3-9,14H,10-13,15H2,1-2H3,(H,21,24). The Hall–Kier alpha value is -2.73. The summed E-state index contributed by atoms with van der Waals surface area (Å²) in [4.78, 5) is 16.8. The number of anilines is 1. The molecule has 6 nitrogen and oxygen atoms in total. The smallest absolute Gasteiger partial charge is 0.322 e. The summed E-state index contributed by atoms with van der Waals surface area (Å²) in [6.07, 6.45) is 0. The van der Waals surface area contributed by atoms with Crippen LogP contribution in [0.5, 0.6) is 11.5 Å². The van der Waals surface area contributed by atoms with Gasteiger partial charge in [0.15, 0.2) is 0 Å². The molecular formula is C20H25N3O3. The first-order valence-corrected chi connectivity index (χ1v) is 8.74. The zero-order valence-corrected chi connectivity index (χ0v) is 15.3. The molecule has 0 unspecified atom stereocenters. The molecule has 0 spiro atoms. The fourth-order valence-electron chi connectivity index (χ4n) is 3.06. The molecule has 26 heavy (non-hydrogen) atoms. The van der Waals surface area contributed by atoms with Gasteiger partial charge in [-0.1, -0.05) is 30.3 Å². The molecule has 2 amide bonds. The molecule has 0 saturated carbocycles. The van der Waals surface area contributed by atoms with Gasteiger partial charge in [0.25, 0.3) is 0 Å². The lowest BCUT2D eigenvalue weighted by molar-refractivity contribution is 0.143. The number of carbonyl (C=O) groups excluding carboxylic acids is 1. The Morgan fingerprint density at radius 3 is 2.38 bits per heavy atom. The molecule has 1 aliphatic rings.